The van der Waals surface area contributed by atoms with Gasteiger partial charge in [0.25, 0.3) is 0 Å². The first kappa shape index (κ1) is 20.0. The molecule has 0 amide bonds. The van der Waals surface area contributed by atoms with Gasteiger partial charge in [-0.3, -0.25) is 9.78 Å². The van der Waals surface area contributed by atoms with Gasteiger partial charge in [-0.05, 0) is 45.6 Å². The number of hydrogen-bond acceptors (Lipinski definition) is 7. The Balaban J connectivity index is 1.47. The van der Waals surface area contributed by atoms with Crippen molar-refractivity contribution in [3.63, 3.8) is 0 Å². The van der Waals surface area contributed by atoms with Crippen LogP contribution in [-0.4, -0.2) is 46.9 Å². The van der Waals surface area contributed by atoms with Crippen molar-refractivity contribution >= 4 is 17.2 Å². The standard InChI is InChI=1S/C24H26N8O/c1-13(33)19-20(15-9-16-5-6-24(2,10-15)31-16)30-23-17(12-29-32(23)21(19)25)14-3-4-18(28-11-14)22-26-7-8-27-22/h3-4,7-8,11-12,15-16,31H,5-6,9-10,25H2,1-2H3,(H,26,27)/t15-,16-,24+/m0/s1. The van der Waals surface area contributed by atoms with Gasteiger partial charge in [0.05, 0.1) is 17.5 Å². The molecular weight excluding hydrogens is 416 g/mol. The zero-order valence-electron chi connectivity index (χ0n) is 18.7. The number of pyridine rings is 1. The first-order chi connectivity index (χ1) is 15.9. The Morgan fingerprint density at radius 2 is 2.15 bits per heavy atom. The molecule has 9 heteroatoms. The number of aromatic amines is 1. The number of rotatable bonds is 4. The minimum absolute atomic E-state index is 0.0746. The van der Waals surface area contributed by atoms with Gasteiger partial charge in [0, 0.05) is 47.2 Å². The first-order valence-electron chi connectivity index (χ1n) is 11.3. The Labute approximate surface area is 190 Å². The molecule has 3 atom stereocenters. The quantitative estimate of drug-likeness (QED) is 0.414. The van der Waals surface area contributed by atoms with Crippen LogP contribution in [0, 0.1) is 0 Å². The largest absolute Gasteiger partial charge is 0.383 e. The van der Waals surface area contributed by atoms with Gasteiger partial charge in [0.1, 0.15) is 11.5 Å². The van der Waals surface area contributed by atoms with Crippen molar-refractivity contribution in [3.8, 4) is 22.6 Å². The summed E-state index contributed by atoms with van der Waals surface area (Å²) in [6.07, 6.45) is 11.2. The van der Waals surface area contributed by atoms with E-state index >= 15 is 0 Å². The molecule has 2 bridgehead atoms. The van der Waals surface area contributed by atoms with Crippen LogP contribution in [0.1, 0.15) is 61.5 Å². The number of nitrogens with one attached hydrogen (secondary N) is 2. The van der Waals surface area contributed by atoms with E-state index in [0.29, 0.717) is 28.9 Å². The van der Waals surface area contributed by atoms with Gasteiger partial charge in [-0.2, -0.15) is 9.61 Å². The lowest BCUT2D eigenvalue weighted by Gasteiger charge is -2.37. The van der Waals surface area contributed by atoms with E-state index in [0.717, 1.165) is 48.2 Å². The molecule has 2 aliphatic rings. The van der Waals surface area contributed by atoms with Crippen LogP contribution in [0.15, 0.2) is 36.9 Å². The molecule has 2 aliphatic heterocycles. The van der Waals surface area contributed by atoms with Crippen molar-refractivity contribution in [2.24, 2.45) is 0 Å². The molecule has 9 nitrogen and oxygen atoms in total. The second-order valence-corrected chi connectivity index (χ2v) is 9.55. The van der Waals surface area contributed by atoms with Crippen molar-refractivity contribution in [2.75, 3.05) is 5.73 Å². The molecule has 2 saturated heterocycles. The van der Waals surface area contributed by atoms with Crippen molar-refractivity contribution in [1.82, 2.24) is 34.9 Å². The lowest BCUT2D eigenvalue weighted by Crippen LogP contribution is -2.46. The van der Waals surface area contributed by atoms with Gasteiger partial charge >= 0.3 is 0 Å². The summed E-state index contributed by atoms with van der Waals surface area (Å²) in [5.74, 6) is 1.17. The molecular formula is C24H26N8O. The Morgan fingerprint density at radius 3 is 2.85 bits per heavy atom. The third kappa shape index (κ3) is 3.22. The SMILES string of the molecule is CC(=O)c1c([C@H]2C[C@@H]3CC[C@](C)(C2)N3)nc2c(-c3ccc(-c4ncc[nH]4)nc3)cnn2c1N. The van der Waals surface area contributed by atoms with E-state index in [2.05, 4.69) is 32.3 Å². The number of imidazole rings is 1. The van der Waals surface area contributed by atoms with Crippen LogP contribution in [0.3, 0.4) is 0 Å². The summed E-state index contributed by atoms with van der Waals surface area (Å²) in [5.41, 5.74) is 11.0. The van der Waals surface area contributed by atoms with Gasteiger partial charge in [0.2, 0.25) is 0 Å². The molecule has 33 heavy (non-hydrogen) atoms. The molecule has 2 fully saturated rings. The summed E-state index contributed by atoms with van der Waals surface area (Å²) >= 11 is 0. The van der Waals surface area contributed by atoms with Crippen LogP contribution in [0.4, 0.5) is 5.82 Å². The van der Waals surface area contributed by atoms with Crippen LogP contribution in [0.2, 0.25) is 0 Å². The fraction of sp³-hybridized carbons (Fsp3) is 0.375. The van der Waals surface area contributed by atoms with Gasteiger partial charge in [-0.25, -0.2) is 9.97 Å². The maximum Gasteiger partial charge on any atom is 0.165 e. The van der Waals surface area contributed by atoms with E-state index in [4.69, 9.17) is 10.7 Å². The minimum Gasteiger partial charge on any atom is -0.383 e. The first-order valence-corrected chi connectivity index (χ1v) is 11.3. The number of H-pyrrole nitrogens is 1. The Kier molecular flexibility index (Phi) is 4.38. The molecule has 0 radical (unpaired) electrons. The maximum atomic E-state index is 12.7. The topological polar surface area (TPSA) is 127 Å². The van der Waals surface area contributed by atoms with Crippen LogP contribution in [0.5, 0.6) is 0 Å². The zero-order valence-corrected chi connectivity index (χ0v) is 18.7. The van der Waals surface area contributed by atoms with Crippen LogP contribution in [0.25, 0.3) is 28.3 Å². The van der Waals surface area contributed by atoms with Crippen LogP contribution < -0.4 is 11.1 Å². The van der Waals surface area contributed by atoms with Gasteiger partial charge < -0.3 is 16.0 Å². The number of anilines is 1. The molecule has 0 aliphatic carbocycles. The summed E-state index contributed by atoms with van der Waals surface area (Å²) in [4.78, 5) is 29.6. The second kappa shape index (κ2) is 7.21. The van der Waals surface area contributed by atoms with Crippen molar-refractivity contribution < 1.29 is 4.79 Å². The fourth-order valence-corrected chi connectivity index (χ4v) is 5.64. The molecule has 6 heterocycles. The molecule has 168 valence electrons. The van der Waals surface area contributed by atoms with Crippen LogP contribution >= 0.6 is 0 Å². The smallest absolute Gasteiger partial charge is 0.165 e. The van der Waals surface area contributed by atoms with Crippen molar-refractivity contribution in [1.29, 1.82) is 0 Å². The van der Waals surface area contributed by atoms with Crippen molar-refractivity contribution in [2.45, 2.75) is 57.0 Å². The number of hydrogen-bond donors (Lipinski definition) is 3. The highest BCUT2D eigenvalue weighted by Gasteiger charge is 2.43. The third-order valence-corrected chi connectivity index (χ3v) is 7.13. The zero-order chi connectivity index (χ0) is 22.7. The Morgan fingerprint density at radius 1 is 1.27 bits per heavy atom. The summed E-state index contributed by atoms with van der Waals surface area (Å²) in [5, 5.41) is 8.21. The number of Topliss-reactive ketones (excluding diaryl/α,β-unsaturated/α-hetero) is 1. The van der Waals surface area contributed by atoms with E-state index in [1.54, 1.807) is 36.2 Å². The minimum atomic E-state index is -0.0746. The van der Waals surface area contributed by atoms with E-state index in [9.17, 15) is 4.79 Å². The number of nitrogens with two attached hydrogens (primary N) is 1. The molecule has 0 spiro atoms. The monoisotopic (exact) mass is 442 g/mol. The van der Waals surface area contributed by atoms with Crippen molar-refractivity contribution in [3.05, 3.63) is 48.2 Å². The molecule has 4 aromatic rings. The number of nitrogens with zero attached hydrogens (tertiary/aromatic N) is 5. The molecule has 4 aromatic heterocycles. The molecule has 0 aromatic carbocycles. The average Bonchev–Trinajstić information content (AvgIpc) is 3.52. The number of piperidine rings is 1. The summed E-state index contributed by atoms with van der Waals surface area (Å²) in [7, 11) is 0. The summed E-state index contributed by atoms with van der Waals surface area (Å²) in [6, 6.07) is 4.34. The number of ketones is 1. The second-order valence-electron chi connectivity index (χ2n) is 9.55. The number of carbonyl (C=O) groups is 1. The fourth-order valence-electron chi connectivity index (χ4n) is 5.64. The normalized spacial score (nSPS) is 24.4. The molecule has 0 saturated carbocycles. The van der Waals surface area contributed by atoms with Crippen LogP contribution in [-0.2, 0) is 0 Å². The maximum absolute atomic E-state index is 12.7. The van der Waals surface area contributed by atoms with E-state index in [-0.39, 0.29) is 17.2 Å². The highest BCUT2D eigenvalue weighted by atomic mass is 16.1. The predicted molar refractivity (Wildman–Crippen MR) is 125 cm³/mol. The van der Waals surface area contributed by atoms with Gasteiger partial charge in [0.15, 0.2) is 17.3 Å². The van der Waals surface area contributed by atoms with E-state index < -0.39 is 0 Å². The summed E-state index contributed by atoms with van der Waals surface area (Å²) in [6.45, 7) is 3.83. The molecule has 0 unspecified atom stereocenters. The highest BCUT2D eigenvalue weighted by Crippen LogP contribution is 2.44. The Hall–Kier alpha value is -3.59. The predicted octanol–water partition coefficient (Wildman–Crippen LogP) is 3.35. The average molecular weight is 443 g/mol. The third-order valence-electron chi connectivity index (χ3n) is 7.13. The molecule has 4 N–H and O–H groups in total. The lowest BCUT2D eigenvalue weighted by molar-refractivity contribution is 0.101. The number of carbonyl (C=O) groups excluding carboxylic acids is 1. The van der Waals surface area contributed by atoms with E-state index in [1.807, 2.05) is 12.1 Å². The number of nitrogen functional groups attached to an aromatic ring is 1. The summed E-state index contributed by atoms with van der Waals surface area (Å²) < 4.78 is 1.58. The number of fused-ring (bicyclic) bond motifs is 3. The van der Waals surface area contributed by atoms with E-state index in [1.165, 1.54) is 0 Å². The highest BCUT2D eigenvalue weighted by molar-refractivity contribution is 6.00. The number of aromatic nitrogens is 6. The Bertz CT molecular complexity index is 1360. The molecule has 6 rings (SSSR count). The lowest BCUT2D eigenvalue weighted by atomic mass is 9.81. The van der Waals surface area contributed by atoms with Gasteiger partial charge in [-0.15, -0.1) is 0 Å². The van der Waals surface area contributed by atoms with Gasteiger partial charge in [-0.1, -0.05) is 6.07 Å².